The van der Waals surface area contributed by atoms with Gasteiger partial charge in [0.15, 0.2) is 0 Å². The van der Waals surface area contributed by atoms with Crippen molar-refractivity contribution in [3.05, 3.63) is 35.4 Å². The molecule has 0 aromatic heterocycles. The Balaban J connectivity index is 0.00000264. The fourth-order valence-electron chi connectivity index (χ4n) is 2.94. The summed E-state index contributed by atoms with van der Waals surface area (Å²) in [5.41, 5.74) is -0.541. The maximum Gasteiger partial charge on any atom is 0.416 e. The number of nitrogens with one attached hydrogen (secondary N) is 1. The largest absolute Gasteiger partial charge is 0.416 e. The van der Waals surface area contributed by atoms with Crippen LogP contribution in [0.15, 0.2) is 24.3 Å². The summed E-state index contributed by atoms with van der Waals surface area (Å²) in [6.07, 6.45) is -2.94. The van der Waals surface area contributed by atoms with Crippen molar-refractivity contribution < 1.29 is 18.0 Å². The minimum Gasteiger partial charge on any atom is -0.341 e. The Morgan fingerprint density at radius 3 is 2.61 bits per heavy atom. The third kappa shape index (κ3) is 5.11. The maximum atomic E-state index is 13.0. The summed E-state index contributed by atoms with van der Waals surface area (Å²) in [5.74, 6) is -0.190. The lowest BCUT2D eigenvalue weighted by Gasteiger charge is -2.30. The van der Waals surface area contributed by atoms with Crippen LogP contribution in [0, 0.1) is 5.92 Å². The lowest BCUT2D eigenvalue weighted by Crippen LogP contribution is -2.42. The molecule has 1 N–H and O–H groups in total. The first kappa shape index (κ1) is 19.8. The van der Waals surface area contributed by atoms with Crippen LogP contribution < -0.4 is 5.32 Å². The molecule has 1 heterocycles. The van der Waals surface area contributed by atoms with Gasteiger partial charge in [-0.3, -0.25) is 4.79 Å². The molecule has 0 radical (unpaired) electrons. The van der Waals surface area contributed by atoms with Crippen molar-refractivity contribution >= 4 is 18.3 Å². The summed E-state index contributed by atoms with van der Waals surface area (Å²) in [6, 6.07) is 5.68. The molecule has 0 aliphatic carbocycles. The van der Waals surface area contributed by atoms with Gasteiger partial charge in [0.1, 0.15) is 0 Å². The summed E-state index contributed by atoms with van der Waals surface area (Å²) in [5, 5.41) is 3.26. The molecule has 23 heavy (non-hydrogen) atoms. The van der Waals surface area contributed by atoms with Gasteiger partial charge < -0.3 is 10.2 Å². The van der Waals surface area contributed by atoms with Crippen LogP contribution in [0.1, 0.15) is 30.9 Å². The van der Waals surface area contributed by atoms with E-state index in [1.165, 1.54) is 17.0 Å². The number of carbonyl (C=O) groups is 1. The van der Waals surface area contributed by atoms with E-state index in [-0.39, 0.29) is 42.4 Å². The van der Waals surface area contributed by atoms with Crippen LogP contribution in [0.2, 0.25) is 0 Å². The summed E-state index contributed by atoms with van der Waals surface area (Å²) < 4.78 is 39.0. The second-order valence-corrected chi connectivity index (χ2v) is 5.93. The third-order valence-corrected chi connectivity index (χ3v) is 4.08. The zero-order valence-corrected chi connectivity index (χ0v) is 14.0. The van der Waals surface area contributed by atoms with Crippen molar-refractivity contribution in [1.82, 2.24) is 10.2 Å². The molecule has 0 bridgehead atoms. The molecule has 3 nitrogen and oxygen atoms in total. The molecule has 1 fully saturated rings. The zero-order valence-electron chi connectivity index (χ0n) is 13.2. The van der Waals surface area contributed by atoms with Crippen molar-refractivity contribution in [2.75, 3.05) is 13.6 Å². The van der Waals surface area contributed by atoms with E-state index in [1.807, 2.05) is 6.92 Å². The molecule has 130 valence electrons. The van der Waals surface area contributed by atoms with Crippen LogP contribution in [0.3, 0.4) is 0 Å². The molecule has 2 rings (SSSR count). The van der Waals surface area contributed by atoms with Crippen molar-refractivity contribution in [1.29, 1.82) is 0 Å². The smallest absolute Gasteiger partial charge is 0.341 e. The Hall–Kier alpha value is -1.27. The van der Waals surface area contributed by atoms with Gasteiger partial charge in [-0.1, -0.05) is 18.2 Å². The average molecular weight is 351 g/mol. The van der Waals surface area contributed by atoms with Crippen LogP contribution in [0.4, 0.5) is 13.2 Å². The quantitative estimate of drug-likeness (QED) is 0.905. The summed E-state index contributed by atoms with van der Waals surface area (Å²) in [4.78, 5) is 13.8. The van der Waals surface area contributed by atoms with E-state index >= 15 is 0 Å². The Morgan fingerprint density at radius 1 is 1.35 bits per heavy atom. The third-order valence-electron chi connectivity index (χ3n) is 4.08. The van der Waals surface area contributed by atoms with Crippen molar-refractivity contribution in [3.8, 4) is 0 Å². The normalized spacial score (nSPS) is 21.4. The molecular formula is C16H22ClF3N2O. The Labute approximate surface area is 140 Å². The van der Waals surface area contributed by atoms with E-state index in [1.54, 1.807) is 13.1 Å². The number of hydrogen-bond donors (Lipinski definition) is 1. The highest BCUT2D eigenvalue weighted by atomic mass is 35.5. The van der Waals surface area contributed by atoms with Crippen LogP contribution in [0.5, 0.6) is 0 Å². The van der Waals surface area contributed by atoms with Gasteiger partial charge in [-0.15, -0.1) is 12.4 Å². The van der Waals surface area contributed by atoms with E-state index in [9.17, 15) is 18.0 Å². The number of halogens is 4. The lowest BCUT2D eigenvalue weighted by atomic mass is 9.92. The molecule has 1 aliphatic heterocycles. The van der Waals surface area contributed by atoms with Crippen LogP contribution in [0.25, 0.3) is 0 Å². The minimum absolute atomic E-state index is 0. The number of alkyl halides is 3. The fourth-order valence-corrected chi connectivity index (χ4v) is 2.94. The standard InChI is InChI=1S/C16H21F3N2O.ClH/c1-11-9-12(7-8-20-11)15(22)21(2)10-13-5-3-4-6-14(13)16(17,18)19;/h3-6,11-12,20H,7-10H2,1-2H3;1H/t11-,12-;/m0./s1. The molecule has 1 aromatic rings. The molecule has 0 saturated carbocycles. The number of piperidine rings is 1. The summed E-state index contributed by atoms with van der Waals surface area (Å²) in [7, 11) is 1.57. The van der Waals surface area contributed by atoms with Crippen molar-refractivity contribution in [3.63, 3.8) is 0 Å². The van der Waals surface area contributed by atoms with Crippen LogP contribution >= 0.6 is 12.4 Å². The highest BCUT2D eigenvalue weighted by Gasteiger charge is 2.34. The monoisotopic (exact) mass is 350 g/mol. The van der Waals surface area contributed by atoms with Gasteiger partial charge in [-0.05, 0) is 37.9 Å². The van der Waals surface area contributed by atoms with E-state index < -0.39 is 11.7 Å². The highest BCUT2D eigenvalue weighted by molar-refractivity contribution is 5.85. The number of hydrogen-bond acceptors (Lipinski definition) is 2. The lowest BCUT2D eigenvalue weighted by molar-refractivity contribution is -0.140. The molecule has 2 atom stereocenters. The summed E-state index contributed by atoms with van der Waals surface area (Å²) in [6.45, 7) is 2.76. The minimum atomic E-state index is -4.40. The number of carbonyl (C=O) groups excluding carboxylic acids is 1. The molecule has 1 aliphatic rings. The van der Waals surface area contributed by atoms with E-state index in [0.29, 0.717) is 0 Å². The second kappa shape index (κ2) is 8.02. The fraction of sp³-hybridized carbons (Fsp3) is 0.562. The Bertz CT molecular complexity index is 536. The SMILES string of the molecule is C[C@H]1C[C@@H](C(=O)N(C)Cc2ccccc2C(F)(F)F)CCN1.Cl. The highest BCUT2D eigenvalue weighted by Crippen LogP contribution is 2.32. The van der Waals surface area contributed by atoms with Gasteiger partial charge in [0.25, 0.3) is 0 Å². The van der Waals surface area contributed by atoms with Crippen molar-refractivity contribution in [2.45, 2.75) is 38.5 Å². The topological polar surface area (TPSA) is 32.3 Å². The maximum absolute atomic E-state index is 13.0. The molecule has 0 unspecified atom stereocenters. The predicted molar refractivity (Wildman–Crippen MR) is 85.4 cm³/mol. The number of rotatable bonds is 3. The molecule has 1 saturated heterocycles. The molecule has 1 amide bonds. The first-order valence-electron chi connectivity index (χ1n) is 7.42. The number of amides is 1. The zero-order chi connectivity index (χ0) is 16.3. The van der Waals surface area contributed by atoms with Gasteiger partial charge in [-0.25, -0.2) is 0 Å². The summed E-state index contributed by atoms with van der Waals surface area (Å²) >= 11 is 0. The van der Waals surface area contributed by atoms with Gasteiger partial charge in [0.05, 0.1) is 5.56 Å². The number of nitrogens with zero attached hydrogens (tertiary/aromatic N) is 1. The van der Waals surface area contributed by atoms with E-state index in [0.717, 1.165) is 25.5 Å². The van der Waals surface area contributed by atoms with Gasteiger partial charge in [0, 0.05) is 25.6 Å². The van der Waals surface area contributed by atoms with Crippen LogP contribution in [-0.2, 0) is 17.5 Å². The molecular weight excluding hydrogens is 329 g/mol. The first-order chi connectivity index (χ1) is 10.3. The van der Waals surface area contributed by atoms with Gasteiger partial charge >= 0.3 is 6.18 Å². The van der Waals surface area contributed by atoms with Crippen LogP contribution in [-0.4, -0.2) is 30.4 Å². The van der Waals surface area contributed by atoms with Crippen molar-refractivity contribution in [2.24, 2.45) is 5.92 Å². The molecule has 7 heteroatoms. The molecule has 0 spiro atoms. The Morgan fingerprint density at radius 2 is 2.00 bits per heavy atom. The van der Waals surface area contributed by atoms with Gasteiger partial charge in [0.2, 0.25) is 5.91 Å². The second-order valence-electron chi connectivity index (χ2n) is 5.93. The number of benzene rings is 1. The van der Waals surface area contributed by atoms with Gasteiger partial charge in [-0.2, -0.15) is 13.2 Å². The predicted octanol–water partition coefficient (Wildman–Crippen LogP) is 3.47. The average Bonchev–Trinajstić information content (AvgIpc) is 2.46. The molecule has 1 aromatic carbocycles. The Kier molecular flexibility index (Phi) is 6.89. The first-order valence-corrected chi connectivity index (χ1v) is 7.42. The van der Waals surface area contributed by atoms with E-state index in [4.69, 9.17) is 0 Å². The van der Waals surface area contributed by atoms with E-state index in [2.05, 4.69) is 5.32 Å².